The van der Waals surface area contributed by atoms with Gasteiger partial charge in [-0.3, -0.25) is 4.79 Å². The van der Waals surface area contributed by atoms with E-state index in [1.165, 1.54) is 11.3 Å². The molecule has 0 spiro atoms. The van der Waals surface area contributed by atoms with E-state index >= 15 is 0 Å². The van der Waals surface area contributed by atoms with E-state index < -0.39 is 0 Å². The third kappa shape index (κ3) is 3.34. The molecule has 0 unspecified atom stereocenters. The van der Waals surface area contributed by atoms with E-state index in [1.54, 1.807) is 6.92 Å². The molecule has 96 valence electrons. The molecule has 6 heteroatoms. The average molecular weight is 285 g/mol. The smallest absolute Gasteiger partial charge is 0.307 e. The second-order valence-electron chi connectivity index (χ2n) is 3.61. The Labute approximate surface area is 114 Å². The fraction of sp³-hybridized carbons (Fsp3) is 0.333. The van der Waals surface area contributed by atoms with Crippen LogP contribution in [-0.2, 0) is 9.53 Å². The fourth-order valence-corrected chi connectivity index (χ4v) is 2.65. The largest absolute Gasteiger partial charge is 0.466 e. The number of nitrogens with zero attached hydrogens (tertiary/aromatic N) is 1. The van der Waals surface area contributed by atoms with Gasteiger partial charge in [0.15, 0.2) is 5.13 Å². The van der Waals surface area contributed by atoms with Gasteiger partial charge in [-0.1, -0.05) is 22.9 Å². The van der Waals surface area contributed by atoms with Crippen LogP contribution in [0.5, 0.6) is 0 Å². The molecule has 0 fully saturated rings. The SMILES string of the molecule is CCOC(=O)CCNc1nc2ccc(Cl)cc2s1. The van der Waals surface area contributed by atoms with Crippen molar-refractivity contribution < 1.29 is 9.53 Å². The first kappa shape index (κ1) is 13.1. The van der Waals surface area contributed by atoms with Crippen molar-refractivity contribution in [1.82, 2.24) is 4.98 Å². The second kappa shape index (κ2) is 6.02. The molecule has 0 aliphatic rings. The molecule has 18 heavy (non-hydrogen) atoms. The van der Waals surface area contributed by atoms with Crippen molar-refractivity contribution >= 4 is 44.3 Å². The highest BCUT2D eigenvalue weighted by atomic mass is 35.5. The van der Waals surface area contributed by atoms with Crippen molar-refractivity contribution in [3.63, 3.8) is 0 Å². The van der Waals surface area contributed by atoms with Crippen molar-refractivity contribution in [3.8, 4) is 0 Å². The summed E-state index contributed by atoms with van der Waals surface area (Å²) in [5.41, 5.74) is 0.906. The standard InChI is InChI=1S/C12H13ClN2O2S/c1-2-17-11(16)5-6-14-12-15-9-4-3-8(13)7-10(9)18-12/h3-4,7H,2,5-6H2,1H3,(H,14,15). The molecule has 1 aromatic carbocycles. The van der Waals surface area contributed by atoms with Gasteiger partial charge in [-0.05, 0) is 25.1 Å². The number of esters is 1. The monoisotopic (exact) mass is 284 g/mol. The Morgan fingerprint density at radius 3 is 3.17 bits per heavy atom. The van der Waals surface area contributed by atoms with Gasteiger partial charge in [0.05, 0.1) is 23.2 Å². The first-order chi connectivity index (χ1) is 8.69. The summed E-state index contributed by atoms with van der Waals surface area (Å²) >= 11 is 7.42. The van der Waals surface area contributed by atoms with Gasteiger partial charge in [-0.15, -0.1) is 0 Å². The Kier molecular flexibility index (Phi) is 4.38. The summed E-state index contributed by atoms with van der Waals surface area (Å²) in [4.78, 5) is 15.5. The minimum absolute atomic E-state index is 0.200. The lowest BCUT2D eigenvalue weighted by Crippen LogP contribution is -2.11. The third-order valence-corrected chi connectivity index (χ3v) is 3.47. The predicted octanol–water partition coefficient (Wildman–Crippen LogP) is 3.31. The summed E-state index contributed by atoms with van der Waals surface area (Å²) in [5, 5.41) is 4.59. The van der Waals surface area contributed by atoms with E-state index in [1.807, 2.05) is 18.2 Å². The van der Waals surface area contributed by atoms with Crippen LogP contribution in [0.15, 0.2) is 18.2 Å². The highest BCUT2D eigenvalue weighted by Gasteiger charge is 2.05. The maximum absolute atomic E-state index is 11.2. The first-order valence-electron chi connectivity index (χ1n) is 5.64. The number of halogens is 1. The molecule has 0 saturated heterocycles. The number of hydrogen-bond acceptors (Lipinski definition) is 5. The van der Waals surface area contributed by atoms with Gasteiger partial charge >= 0.3 is 5.97 Å². The highest BCUT2D eigenvalue weighted by molar-refractivity contribution is 7.22. The Morgan fingerprint density at radius 1 is 1.56 bits per heavy atom. The molecule has 1 aromatic heterocycles. The fourth-order valence-electron chi connectivity index (χ4n) is 1.48. The lowest BCUT2D eigenvalue weighted by molar-refractivity contribution is -0.142. The van der Waals surface area contributed by atoms with E-state index in [-0.39, 0.29) is 5.97 Å². The number of nitrogens with one attached hydrogen (secondary N) is 1. The van der Waals surface area contributed by atoms with E-state index in [4.69, 9.17) is 16.3 Å². The number of benzene rings is 1. The summed E-state index contributed by atoms with van der Waals surface area (Å²) in [6.45, 7) is 2.73. The summed E-state index contributed by atoms with van der Waals surface area (Å²) in [6.07, 6.45) is 0.338. The zero-order valence-electron chi connectivity index (χ0n) is 9.90. The number of carbonyl (C=O) groups excluding carboxylic acids is 1. The van der Waals surface area contributed by atoms with E-state index in [9.17, 15) is 4.79 Å². The minimum atomic E-state index is -0.200. The van der Waals surface area contributed by atoms with Crippen molar-refractivity contribution in [2.24, 2.45) is 0 Å². The van der Waals surface area contributed by atoms with Crippen molar-refractivity contribution in [2.45, 2.75) is 13.3 Å². The molecule has 0 radical (unpaired) electrons. The van der Waals surface area contributed by atoms with Gasteiger partial charge in [0.2, 0.25) is 0 Å². The zero-order chi connectivity index (χ0) is 13.0. The summed E-state index contributed by atoms with van der Waals surface area (Å²) in [5.74, 6) is -0.200. The molecule has 0 bridgehead atoms. The number of ether oxygens (including phenoxy) is 1. The molecule has 1 heterocycles. The number of aromatic nitrogens is 1. The maximum Gasteiger partial charge on any atom is 0.307 e. The minimum Gasteiger partial charge on any atom is -0.466 e. The van der Waals surface area contributed by atoms with Gasteiger partial charge in [0.25, 0.3) is 0 Å². The second-order valence-corrected chi connectivity index (χ2v) is 5.08. The topological polar surface area (TPSA) is 51.2 Å². The van der Waals surface area contributed by atoms with Crippen molar-refractivity contribution in [3.05, 3.63) is 23.2 Å². The molecule has 4 nitrogen and oxygen atoms in total. The van der Waals surface area contributed by atoms with Crippen LogP contribution in [-0.4, -0.2) is 24.1 Å². The molecular weight excluding hydrogens is 272 g/mol. The Morgan fingerprint density at radius 2 is 2.39 bits per heavy atom. The maximum atomic E-state index is 11.2. The van der Waals surface area contributed by atoms with Crippen LogP contribution < -0.4 is 5.32 Å². The molecule has 0 aliphatic heterocycles. The van der Waals surface area contributed by atoms with Crippen molar-refractivity contribution in [2.75, 3.05) is 18.5 Å². The van der Waals surface area contributed by atoms with E-state index in [0.717, 1.165) is 15.3 Å². The number of rotatable bonds is 5. The lowest BCUT2D eigenvalue weighted by atomic mass is 10.3. The van der Waals surface area contributed by atoms with Crippen LogP contribution >= 0.6 is 22.9 Å². The Bertz CT molecular complexity index is 556. The third-order valence-electron chi connectivity index (χ3n) is 2.26. The number of fused-ring (bicyclic) bond motifs is 1. The van der Waals surface area contributed by atoms with Crippen molar-refractivity contribution in [1.29, 1.82) is 0 Å². The normalized spacial score (nSPS) is 10.6. The molecule has 0 amide bonds. The van der Waals surface area contributed by atoms with Gasteiger partial charge < -0.3 is 10.1 Å². The van der Waals surface area contributed by atoms with Crippen LogP contribution in [0.4, 0.5) is 5.13 Å². The average Bonchev–Trinajstić information content (AvgIpc) is 2.71. The lowest BCUT2D eigenvalue weighted by Gasteiger charge is -2.02. The van der Waals surface area contributed by atoms with Crippen LogP contribution in [0.25, 0.3) is 10.2 Å². The van der Waals surface area contributed by atoms with E-state index in [0.29, 0.717) is 24.6 Å². The number of thiazole rings is 1. The quantitative estimate of drug-likeness (QED) is 0.856. The highest BCUT2D eigenvalue weighted by Crippen LogP contribution is 2.28. The summed E-state index contributed by atoms with van der Waals surface area (Å²) in [7, 11) is 0. The molecule has 0 atom stereocenters. The molecule has 0 aliphatic carbocycles. The van der Waals surface area contributed by atoms with Gasteiger partial charge in [-0.2, -0.15) is 0 Å². The van der Waals surface area contributed by atoms with Gasteiger partial charge in [0, 0.05) is 11.6 Å². The zero-order valence-corrected chi connectivity index (χ0v) is 11.5. The molecule has 2 rings (SSSR count). The van der Waals surface area contributed by atoms with Crippen LogP contribution in [0.2, 0.25) is 5.02 Å². The number of carbonyl (C=O) groups is 1. The van der Waals surface area contributed by atoms with Crippen LogP contribution in [0.3, 0.4) is 0 Å². The molecule has 2 aromatic rings. The first-order valence-corrected chi connectivity index (χ1v) is 6.84. The van der Waals surface area contributed by atoms with Crippen LogP contribution in [0.1, 0.15) is 13.3 Å². The summed E-state index contributed by atoms with van der Waals surface area (Å²) < 4.78 is 5.87. The van der Waals surface area contributed by atoms with E-state index in [2.05, 4.69) is 10.3 Å². The van der Waals surface area contributed by atoms with Gasteiger partial charge in [0.1, 0.15) is 0 Å². The van der Waals surface area contributed by atoms with Gasteiger partial charge in [-0.25, -0.2) is 4.98 Å². The summed E-state index contributed by atoms with van der Waals surface area (Å²) in [6, 6.07) is 5.57. The Balaban J connectivity index is 1.94. The number of hydrogen-bond donors (Lipinski definition) is 1. The van der Waals surface area contributed by atoms with Crippen LogP contribution in [0, 0.1) is 0 Å². The molecule has 0 saturated carbocycles. The molecule has 1 N–H and O–H groups in total. The number of anilines is 1. The Hall–Kier alpha value is -1.33. The molecular formula is C12H13ClN2O2S. The predicted molar refractivity (Wildman–Crippen MR) is 74.4 cm³/mol.